The van der Waals surface area contributed by atoms with Crippen LogP contribution >= 0.6 is 11.3 Å². The van der Waals surface area contributed by atoms with Gasteiger partial charge in [0.1, 0.15) is 0 Å². The first kappa shape index (κ1) is 18.7. The standard InChI is InChI=1S/C22H20O4S/c1-24-19-13-17(14-20(25-2)22(19)26-3)18(23)11-8-15-6-9-16(10-7-15)21-5-4-12-27-21/h4-14H,1-3H3/b11-8+. The van der Waals surface area contributed by atoms with Crippen molar-refractivity contribution in [3.05, 3.63) is 71.1 Å². The van der Waals surface area contributed by atoms with Crippen molar-refractivity contribution >= 4 is 23.2 Å². The Morgan fingerprint density at radius 2 is 1.59 bits per heavy atom. The number of carbonyl (C=O) groups excluding carboxylic acids is 1. The molecule has 0 radical (unpaired) electrons. The summed E-state index contributed by atoms with van der Waals surface area (Å²) in [6.45, 7) is 0. The second-order valence-corrected chi connectivity index (χ2v) is 6.66. The van der Waals surface area contributed by atoms with E-state index in [9.17, 15) is 4.79 Å². The summed E-state index contributed by atoms with van der Waals surface area (Å²) in [5.41, 5.74) is 2.59. The summed E-state index contributed by atoms with van der Waals surface area (Å²) in [6, 6.07) is 15.5. The van der Waals surface area contributed by atoms with Crippen molar-refractivity contribution in [3.63, 3.8) is 0 Å². The van der Waals surface area contributed by atoms with Crippen LogP contribution in [0.2, 0.25) is 0 Å². The predicted molar refractivity (Wildman–Crippen MR) is 109 cm³/mol. The normalized spacial score (nSPS) is 10.8. The Morgan fingerprint density at radius 1 is 0.926 bits per heavy atom. The quantitative estimate of drug-likeness (QED) is 0.410. The molecule has 0 amide bonds. The molecule has 0 N–H and O–H groups in total. The molecule has 0 saturated carbocycles. The first-order chi connectivity index (χ1) is 13.2. The van der Waals surface area contributed by atoms with Crippen LogP contribution in [0.1, 0.15) is 15.9 Å². The van der Waals surface area contributed by atoms with E-state index < -0.39 is 0 Å². The number of ether oxygens (including phenoxy) is 3. The summed E-state index contributed by atoms with van der Waals surface area (Å²) >= 11 is 1.70. The van der Waals surface area contributed by atoms with Crippen molar-refractivity contribution in [1.29, 1.82) is 0 Å². The van der Waals surface area contributed by atoms with E-state index in [1.54, 1.807) is 35.6 Å². The van der Waals surface area contributed by atoms with Gasteiger partial charge < -0.3 is 14.2 Å². The third kappa shape index (κ3) is 4.20. The number of ketones is 1. The third-order valence-electron chi connectivity index (χ3n) is 4.09. The highest BCUT2D eigenvalue weighted by atomic mass is 32.1. The SMILES string of the molecule is COc1cc(C(=O)/C=C/c2ccc(-c3cccs3)cc2)cc(OC)c1OC. The summed E-state index contributed by atoms with van der Waals surface area (Å²) in [5, 5.41) is 2.05. The molecule has 0 bridgehead atoms. The lowest BCUT2D eigenvalue weighted by Crippen LogP contribution is -2.00. The first-order valence-electron chi connectivity index (χ1n) is 8.32. The van der Waals surface area contributed by atoms with Crippen molar-refractivity contribution in [2.45, 2.75) is 0 Å². The molecule has 27 heavy (non-hydrogen) atoms. The van der Waals surface area contributed by atoms with Gasteiger partial charge in [0.05, 0.1) is 21.3 Å². The van der Waals surface area contributed by atoms with E-state index in [1.807, 2.05) is 18.2 Å². The van der Waals surface area contributed by atoms with Crippen molar-refractivity contribution in [2.75, 3.05) is 21.3 Å². The van der Waals surface area contributed by atoms with Gasteiger partial charge in [0.2, 0.25) is 5.75 Å². The molecule has 0 saturated heterocycles. The van der Waals surface area contributed by atoms with Crippen molar-refractivity contribution in [3.8, 4) is 27.7 Å². The molecule has 2 aromatic carbocycles. The lowest BCUT2D eigenvalue weighted by atomic mass is 10.1. The molecule has 0 atom stereocenters. The van der Waals surface area contributed by atoms with Gasteiger partial charge in [0.25, 0.3) is 0 Å². The van der Waals surface area contributed by atoms with Crippen LogP contribution < -0.4 is 14.2 Å². The minimum Gasteiger partial charge on any atom is -0.493 e. The Hall–Kier alpha value is -3.05. The number of benzene rings is 2. The number of thiophene rings is 1. The van der Waals surface area contributed by atoms with E-state index in [4.69, 9.17) is 14.2 Å². The Labute approximate surface area is 162 Å². The maximum absolute atomic E-state index is 12.6. The highest BCUT2D eigenvalue weighted by Crippen LogP contribution is 2.38. The van der Waals surface area contributed by atoms with E-state index in [1.165, 1.54) is 26.2 Å². The largest absolute Gasteiger partial charge is 0.493 e. The van der Waals surface area contributed by atoms with Crippen LogP contribution in [-0.4, -0.2) is 27.1 Å². The second-order valence-electron chi connectivity index (χ2n) is 5.71. The van der Waals surface area contributed by atoms with E-state index >= 15 is 0 Å². The molecule has 1 heterocycles. The fraction of sp³-hybridized carbons (Fsp3) is 0.136. The molecule has 1 aromatic heterocycles. The van der Waals surface area contributed by atoms with Gasteiger partial charge in [-0.15, -0.1) is 11.3 Å². The van der Waals surface area contributed by atoms with Crippen LogP contribution in [-0.2, 0) is 0 Å². The van der Waals surface area contributed by atoms with Crippen LogP contribution in [0.3, 0.4) is 0 Å². The smallest absolute Gasteiger partial charge is 0.203 e. The molecule has 138 valence electrons. The minimum absolute atomic E-state index is 0.142. The summed E-state index contributed by atoms with van der Waals surface area (Å²) in [5.74, 6) is 1.23. The van der Waals surface area contributed by atoms with Crippen LogP contribution in [0, 0.1) is 0 Å². The van der Waals surface area contributed by atoms with Crippen LogP contribution in [0.15, 0.2) is 60.0 Å². The van der Waals surface area contributed by atoms with Gasteiger partial charge in [-0.1, -0.05) is 36.4 Å². The van der Waals surface area contributed by atoms with E-state index in [0.29, 0.717) is 22.8 Å². The summed E-state index contributed by atoms with van der Waals surface area (Å²) in [4.78, 5) is 13.8. The molecule has 0 aliphatic heterocycles. The summed E-state index contributed by atoms with van der Waals surface area (Å²) in [7, 11) is 4.58. The zero-order valence-electron chi connectivity index (χ0n) is 15.4. The Balaban J connectivity index is 1.80. The Bertz CT molecular complexity index is 916. The molecular formula is C22H20O4S. The van der Waals surface area contributed by atoms with E-state index in [2.05, 4.69) is 23.6 Å². The van der Waals surface area contributed by atoms with Crippen LogP contribution in [0.4, 0.5) is 0 Å². The van der Waals surface area contributed by atoms with Crippen molar-refractivity contribution in [2.24, 2.45) is 0 Å². The van der Waals surface area contributed by atoms with E-state index in [0.717, 1.165) is 11.1 Å². The van der Waals surface area contributed by atoms with Gasteiger partial charge in [-0.25, -0.2) is 0 Å². The van der Waals surface area contributed by atoms with Crippen LogP contribution in [0.5, 0.6) is 17.2 Å². The predicted octanol–water partition coefficient (Wildman–Crippen LogP) is 5.34. The monoisotopic (exact) mass is 380 g/mol. The molecule has 3 rings (SSSR count). The highest BCUT2D eigenvalue weighted by molar-refractivity contribution is 7.13. The van der Waals surface area contributed by atoms with Gasteiger partial charge >= 0.3 is 0 Å². The number of methoxy groups -OCH3 is 3. The molecule has 3 aromatic rings. The minimum atomic E-state index is -0.142. The maximum Gasteiger partial charge on any atom is 0.203 e. The number of carbonyl (C=O) groups is 1. The number of hydrogen-bond donors (Lipinski definition) is 0. The lowest BCUT2D eigenvalue weighted by Gasteiger charge is -2.13. The molecule has 0 aliphatic carbocycles. The molecule has 0 fully saturated rings. The fourth-order valence-electron chi connectivity index (χ4n) is 2.69. The van der Waals surface area contributed by atoms with Crippen molar-refractivity contribution in [1.82, 2.24) is 0 Å². The first-order valence-corrected chi connectivity index (χ1v) is 9.20. The van der Waals surface area contributed by atoms with Crippen LogP contribution in [0.25, 0.3) is 16.5 Å². The molecule has 4 nitrogen and oxygen atoms in total. The number of hydrogen-bond acceptors (Lipinski definition) is 5. The average Bonchev–Trinajstić information content (AvgIpc) is 3.26. The molecule has 0 aliphatic rings. The number of rotatable bonds is 7. The molecular weight excluding hydrogens is 360 g/mol. The third-order valence-corrected chi connectivity index (χ3v) is 5.01. The number of allylic oxidation sites excluding steroid dienone is 1. The topological polar surface area (TPSA) is 44.8 Å². The van der Waals surface area contributed by atoms with Crippen molar-refractivity contribution < 1.29 is 19.0 Å². The lowest BCUT2D eigenvalue weighted by molar-refractivity contribution is 0.104. The van der Waals surface area contributed by atoms with Gasteiger partial charge in [-0.05, 0) is 40.8 Å². The van der Waals surface area contributed by atoms with Gasteiger partial charge in [0.15, 0.2) is 17.3 Å². The summed E-state index contributed by atoms with van der Waals surface area (Å²) in [6.07, 6.45) is 3.34. The Kier molecular flexibility index (Phi) is 5.94. The zero-order chi connectivity index (χ0) is 19.2. The van der Waals surface area contributed by atoms with Gasteiger partial charge in [0, 0.05) is 10.4 Å². The average molecular weight is 380 g/mol. The Morgan fingerprint density at radius 3 is 2.11 bits per heavy atom. The zero-order valence-corrected chi connectivity index (χ0v) is 16.2. The van der Waals surface area contributed by atoms with Gasteiger partial charge in [-0.3, -0.25) is 4.79 Å². The fourth-order valence-corrected chi connectivity index (χ4v) is 3.43. The maximum atomic E-state index is 12.6. The highest BCUT2D eigenvalue weighted by Gasteiger charge is 2.15. The summed E-state index contributed by atoms with van der Waals surface area (Å²) < 4.78 is 15.9. The van der Waals surface area contributed by atoms with E-state index in [-0.39, 0.29) is 5.78 Å². The molecule has 5 heteroatoms. The second kappa shape index (κ2) is 8.56. The molecule has 0 spiro atoms. The van der Waals surface area contributed by atoms with Gasteiger partial charge in [-0.2, -0.15) is 0 Å². The molecule has 0 unspecified atom stereocenters.